The van der Waals surface area contributed by atoms with Gasteiger partial charge in [0.05, 0.1) is 62.6 Å². The van der Waals surface area contributed by atoms with Gasteiger partial charge < -0.3 is 39.3 Å². The fraction of sp³-hybridized carbons (Fsp3) is 0.438. The van der Waals surface area contributed by atoms with E-state index in [1.54, 1.807) is 11.1 Å². The molecular formula is C48H56N8O6. The molecule has 9 rings (SSSR count). The van der Waals surface area contributed by atoms with Gasteiger partial charge in [0.2, 0.25) is 11.8 Å². The molecule has 14 nitrogen and oxygen atoms in total. The minimum absolute atomic E-state index is 0.0447. The number of aromatic amines is 2. The summed E-state index contributed by atoms with van der Waals surface area (Å²) in [6.07, 6.45) is 10.8. The molecule has 0 aliphatic carbocycles. The molecule has 3 aromatic carbocycles. The first-order valence-corrected chi connectivity index (χ1v) is 22.2. The first kappa shape index (κ1) is 41.4. The Balaban J connectivity index is 0.897. The Bertz CT molecular complexity index is 2350. The number of fused-ring (bicyclic) bond motifs is 6. The summed E-state index contributed by atoms with van der Waals surface area (Å²) in [4.78, 5) is 62.6. The molecule has 4 aliphatic heterocycles. The Morgan fingerprint density at radius 3 is 2.29 bits per heavy atom. The van der Waals surface area contributed by atoms with Gasteiger partial charge in [-0.15, -0.1) is 0 Å². The zero-order chi connectivity index (χ0) is 42.4. The summed E-state index contributed by atoms with van der Waals surface area (Å²) in [7, 11) is 1.28. The van der Waals surface area contributed by atoms with Crippen LogP contribution < -0.4 is 10.1 Å². The second-order valence-corrected chi connectivity index (χ2v) is 16.8. The van der Waals surface area contributed by atoms with E-state index in [1.807, 2.05) is 17.2 Å². The molecule has 0 spiro atoms. The smallest absolute Gasteiger partial charge is 0.407 e. The monoisotopic (exact) mass is 840 g/mol. The van der Waals surface area contributed by atoms with Crippen molar-refractivity contribution >= 4 is 17.9 Å². The van der Waals surface area contributed by atoms with Crippen molar-refractivity contribution < 1.29 is 28.6 Å². The summed E-state index contributed by atoms with van der Waals surface area (Å²) >= 11 is 0. The second kappa shape index (κ2) is 19.0. The van der Waals surface area contributed by atoms with Crippen molar-refractivity contribution in [2.45, 2.75) is 82.5 Å². The largest absolute Gasteiger partial charge is 0.493 e. The number of ether oxygens (including phenoxy) is 3. The minimum Gasteiger partial charge on any atom is -0.493 e. The number of H-pyrrole nitrogens is 2. The number of nitrogens with one attached hydrogen (secondary N) is 3. The number of carbonyl (C=O) groups excluding carboxylic acids is 3. The number of hydrogen-bond donors (Lipinski definition) is 3. The number of hydrogen-bond acceptors (Lipinski definition) is 9. The van der Waals surface area contributed by atoms with Crippen LogP contribution in [0.4, 0.5) is 4.79 Å². The maximum Gasteiger partial charge on any atom is 0.407 e. The Morgan fingerprint density at radius 1 is 0.774 bits per heavy atom. The fourth-order valence-electron chi connectivity index (χ4n) is 9.44. The zero-order valence-corrected chi connectivity index (χ0v) is 35.4. The lowest BCUT2D eigenvalue weighted by Crippen LogP contribution is -2.50. The van der Waals surface area contributed by atoms with Gasteiger partial charge in [0.25, 0.3) is 0 Å². The van der Waals surface area contributed by atoms with Crippen LogP contribution in [-0.2, 0) is 32.0 Å². The summed E-state index contributed by atoms with van der Waals surface area (Å²) in [5, 5.41) is 2.66. The van der Waals surface area contributed by atoms with Crippen LogP contribution in [0.1, 0.15) is 86.2 Å². The summed E-state index contributed by atoms with van der Waals surface area (Å²) in [6, 6.07) is 21.8. The normalized spacial score (nSPS) is 21.0. The van der Waals surface area contributed by atoms with E-state index in [-0.39, 0.29) is 30.5 Å². The van der Waals surface area contributed by atoms with Gasteiger partial charge in [0, 0.05) is 31.8 Å². The molecule has 3 amide bonds. The van der Waals surface area contributed by atoms with Crippen LogP contribution in [0, 0.1) is 0 Å². The van der Waals surface area contributed by atoms with Crippen LogP contribution in [0.25, 0.3) is 33.6 Å². The molecule has 62 heavy (non-hydrogen) atoms. The molecule has 0 radical (unpaired) electrons. The predicted molar refractivity (Wildman–Crippen MR) is 234 cm³/mol. The maximum atomic E-state index is 13.8. The number of alkyl carbamates (subject to hydrolysis) is 1. The van der Waals surface area contributed by atoms with E-state index in [9.17, 15) is 14.4 Å². The van der Waals surface area contributed by atoms with Crippen LogP contribution in [0.2, 0.25) is 0 Å². The Morgan fingerprint density at radius 2 is 1.47 bits per heavy atom. The second-order valence-electron chi connectivity index (χ2n) is 16.8. The highest BCUT2D eigenvalue weighted by molar-refractivity contribution is 5.86. The van der Waals surface area contributed by atoms with Gasteiger partial charge in [-0.2, -0.15) is 0 Å². The van der Waals surface area contributed by atoms with Crippen molar-refractivity contribution in [2.75, 3.05) is 53.1 Å². The van der Waals surface area contributed by atoms with Gasteiger partial charge in [-0.3, -0.25) is 14.5 Å². The lowest BCUT2D eigenvalue weighted by atomic mass is 10.00. The predicted octanol–water partition coefficient (Wildman–Crippen LogP) is 7.21. The molecule has 3 fully saturated rings. The molecule has 6 heterocycles. The highest BCUT2D eigenvalue weighted by Gasteiger charge is 2.37. The van der Waals surface area contributed by atoms with Crippen LogP contribution in [-0.4, -0.2) is 112 Å². The first-order valence-electron chi connectivity index (χ1n) is 22.2. The minimum atomic E-state index is -0.865. The Kier molecular flexibility index (Phi) is 12.6. The molecule has 3 saturated heterocycles. The highest BCUT2D eigenvalue weighted by Crippen LogP contribution is 2.38. The number of imidazole rings is 2. The van der Waals surface area contributed by atoms with Crippen molar-refractivity contribution in [3.05, 3.63) is 102 Å². The summed E-state index contributed by atoms with van der Waals surface area (Å²) in [6.45, 7) is 5.38. The van der Waals surface area contributed by atoms with Gasteiger partial charge in [0.15, 0.2) is 0 Å². The lowest BCUT2D eigenvalue weighted by Gasteiger charge is -2.28. The average Bonchev–Trinajstić information content (AvgIpc) is 4.16. The third-order valence-electron chi connectivity index (χ3n) is 12.8. The maximum absolute atomic E-state index is 13.8. The van der Waals surface area contributed by atoms with Crippen molar-refractivity contribution in [1.29, 1.82) is 0 Å². The number of aromatic nitrogens is 4. The van der Waals surface area contributed by atoms with E-state index >= 15 is 0 Å². The molecule has 5 aromatic rings. The number of nitrogens with zero attached hydrogens (tertiary/aromatic N) is 5. The number of likely N-dealkylation sites (tertiary alicyclic amines) is 2. The Labute approximate surface area is 362 Å². The number of carbonyl (C=O) groups is 3. The average molecular weight is 841 g/mol. The van der Waals surface area contributed by atoms with E-state index < -0.39 is 12.1 Å². The van der Waals surface area contributed by atoms with E-state index in [0.29, 0.717) is 38.4 Å². The van der Waals surface area contributed by atoms with Gasteiger partial charge in [0.1, 0.15) is 23.4 Å². The van der Waals surface area contributed by atoms with E-state index in [1.165, 1.54) is 25.5 Å². The molecule has 0 unspecified atom stereocenters. The van der Waals surface area contributed by atoms with Crippen LogP contribution in [0.3, 0.4) is 0 Å². The van der Waals surface area contributed by atoms with E-state index in [2.05, 4.69) is 80.8 Å². The molecule has 4 aliphatic rings. The summed E-state index contributed by atoms with van der Waals surface area (Å²) in [5.74, 6) is 2.19. The van der Waals surface area contributed by atoms with E-state index in [4.69, 9.17) is 24.2 Å². The molecule has 324 valence electrons. The Hall–Kier alpha value is -5.99. The van der Waals surface area contributed by atoms with Crippen LogP contribution in [0.15, 0.2) is 79.1 Å². The molecule has 0 saturated carbocycles. The van der Waals surface area contributed by atoms with Gasteiger partial charge in [-0.05, 0) is 104 Å². The molecule has 2 aromatic heterocycles. The van der Waals surface area contributed by atoms with Gasteiger partial charge >= 0.3 is 6.09 Å². The number of methoxy groups -OCH3 is 1. The number of amides is 3. The third kappa shape index (κ3) is 9.12. The standard InChI is InChI=1S/C48H56N8O6/c1-60-48(59)53-40-31-61-24-6-7-25-62-43-26-35(18-19-37(43)39-29-50-46(52-39)42-13-9-23-56(42)47(40)58)32-14-16-33(17-15-32)38-28-49-45(51-38)41-12-8-22-55(41)44(57)27-34-10-2-3-11-36(34)30-54-20-4-5-21-54/h2-3,10-11,14-19,26,28-29,40-42H,4-9,12-13,20-25,27,30-31H2,1H3,(H,49,51)(H,50,52)(H,53,59)/t40-,41-,42-/m0/s1. The molecule has 3 N–H and O–H groups in total. The van der Waals surface area contributed by atoms with Crippen molar-refractivity contribution in [3.63, 3.8) is 0 Å². The topological polar surface area (TPSA) is 158 Å². The quantitative estimate of drug-likeness (QED) is 0.147. The van der Waals surface area contributed by atoms with Gasteiger partial charge in [-0.25, -0.2) is 14.8 Å². The molecule has 14 heteroatoms. The van der Waals surface area contributed by atoms with Crippen molar-refractivity contribution in [2.24, 2.45) is 0 Å². The van der Waals surface area contributed by atoms with Gasteiger partial charge in [-0.1, -0.05) is 54.6 Å². The number of benzene rings is 3. The van der Waals surface area contributed by atoms with Crippen LogP contribution >= 0.6 is 0 Å². The first-order chi connectivity index (χ1) is 30.4. The fourth-order valence-corrected chi connectivity index (χ4v) is 9.44. The van der Waals surface area contributed by atoms with Crippen molar-refractivity contribution in [1.82, 2.24) is 40.0 Å². The SMILES string of the molecule is COC(=O)N[C@H]1COCCCCOc2cc(-c3ccc(-c4cnc([C@@H]5CCCN5C(=O)Cc5ccccc5CN5CCCC5)[nH]4)cc3)ccc2-c2cnc([nH]2)[C@@H]2CCCN2C1=O. The molecule has 3 atom stereocenters. The highest BCUT2D eigenvalue weighted by atomic mass is 16.5. The lowest BCUT2D eigenvalue weighted by molar-refractivity contribution is -0.136. The number of rotatable bonds is 8. The zero-order valence-electron chi connectivity index (χ0n) is 35.4. The van der Waals surface area contributed by atoms with Crippen molar-refractivity contribution in [3.8, 4) is 39.4 Å². The summed E-state index contributed by atoms with van der Waals surface area (Å²) in [5.41, 5.74) is 8.04. The molecule has 2 bridgehead atoms. The third-order valence-corrected chi connectivity index (χ3v) is 12.8. The molecular weight excluding hydrogens is 785 g/mol. The van der Waals surface area contributed by atoms with Crippen LogP contribution in [0.5, 0.6) is 5.75 Å². The van der Waals surface area contributed by atoms with E-state index in [0.717, 1.165) is 109 Å². The summed E-state index contributed by atoms with van der Waals surface area (Å²) < 4.78 is 17.1.